The lowest BCUT2D eigenvalue weighted by Gasteiger charge is -2.34. The molecule has 1 saturated heterocycles. The molecule has 1 aromatic heterocycles. The second-order valence-electron chi connectivity index (χ2n) is 4.36. The molecule has 5 nitrogen and oxygen atoms in total. The van der Waals surface area contributed by atoms with E-state index in [4.69, 9.17) is 4.74 Å². The van der Waals surface area contributed by atoms with Crippen LogP contribution in [0.5, 0.6) is 0 Å². The van der Waals surface area contributed by atoms with Crippen molar-refractivity contribution in [2.45, 2.75) is 19.4 Å². The minimum atomic E-state index is 0.480. The van der Waals surface area contributed by atoms with Gasteiger partial charge in [-0.3, -0.25) is 0 Å². The summed E-state index contributed by atoms with van der Waals surface area (Å²) in [5.74, 6) is 1.03. The van der Waals surface area contributed by atoms with Crippen molar-refractivity contribution in [1.82, 2.24) is 15.3 Å². The lowest BCUT2D eigenvalue weighted by Crippen LogP contribution is -2.50. The van der Waals surface area contributed by atoms with Crippen molar-refractivity contribution in [2.75, 3.05) is 38.3 Å². The molecule has 0 spiro atoms. The first-order valence-corrected chi connectivity index (χ1v) is 6.08. The van der Waals surface area contributed by atoms with E-state index in [9.17, 15) is 0 Å². The first-order chi connectivity index (χ1) is 8.31. The van der Waals surface area contributed by atoms with E-state index >= 15 is 0 Å². The van der Waals surface area contributed by atoms with Crippen molar-refractivity contribution in [2.24, 2.45) is 0 Å². The van der Waals surface area contributed by atoms with Crippen LogP contribution < -0.4 is 10.2 Å². The second-order valence-corrected chi connectivity index (χ2v) is 4.36. The average molecular weight is 236 g/mol. The van der Waals surface area contributed by atoms with Gasteiger partial charge in [-0.15, -0.1) is 0 Å². The van der Waals surface area contributed by atoms with Gasteiger partial charge >= 0.3 is 0 Å². The summed E-state index contributed by atoms with van der Waals surface area (Å²) in [5, 5.41) is 3.38. The quantitative estimate of drug-likeness (QED) is 0.823. The first kappa shape index (κ1) is 12.3. The van der Waals surface area contributed by atoms with Gasteiger partial charge in [-0.25, -0.2) is 9.97 Å². The Kier molecular flexibility index (Phi) is 4.28. The molecule has 1 aliphatic heterocycles. The zero-order valence-electron chi connectivity index (χ0n) is 10.5. The van der Waals surface area contributed by atoms with Crippen LogP contribution >= 0.6 is 0 Å². The van der Waals surface area contributed by atoms with Crippen molar-refractivity contribution < 1.29 is 4.74 Å². The Morgan fingerprint density at radius 1 is 1.53 bits per heavy atom. The van der Waals surface area contributed by atoms with Crippen molar-refractivity contribution in [3.05, 3.63) is 18.1 Å². The molecule has 17 heavy (non-hydrogen) atoms. The van der Waals surface area contributed by atoms with Gasteiger partial charge in [0.15, 0.2) is 0 Å². The summed E-state index contributed by atoms with van der Waals surface area (Å²) in [6.45, 7) is 5.94. The number of anilines is 1. The Bertz CT molecular complexity index is 358. The minimum Gasteiger partial charge on any atom is -0.384 e. The molecule has 0 saturated carbocycles. The van der Waals surface area contributed by atoms with E-state index in [1.54, 1.807) is 13.4 Å². The van der Waals surface area contributed by atoms with E-state index in [-0.39, 0.29) is 0 Å². The van der Waals surface area contributed by atoms with Gasteiger partial charge in [-0.2, -0.15) is 0 Å². The molecule has 0 unspecified atom stereocenters. The molecule has 0 aromatic carbocycles. The molecule has 1 aromatic rings. The highest BCUT2D eigenvalue weighted by Gasteiger charge is 2.19. The Morgan fingerprint density at radius 2 is 2.41 bits per heavy atom. The average Bonchev–Trinajstić information content (AvgIpc) is 2.37. The number of rotatable bonds is 4. The number of aromatic nitrogens is 2. The monoisotopic (exact) mass is 236 g/mol. The summed E-state index contributed by atoms with van der Waals surface area (Å²) in [6.07, 6.45) is 2.49. The topological polar surface area (TPSA) is 50.3 Å². The molecule has 0 aliphatic carbocycles. The van der Waals surface area contributed by atoms with Gasteiger partial charge in [0.2, 0.25) is 0 Å². The number of methoxy groups -OCH3 is 1. The summed E-state index contributed by atoms with van der Waals surface area (Å²) in [4.78, 5) is 11.0. The van der Waals surface area contributed by atoms with Crippen LogP contribution in [0.1, 0.15) is 12.6 Å². The molecule has 0 radical (unpaired) electrons. The molecular weight excluding hydrogens is 216 g/mol. The fraction of sp³-hybridized carbons (Fsp3) is 0.667. The van der Waals surface area contributed by atoms with Crippen LogP contribution in [-0.4, -0.2) is 49.4 Å². The summed E-state index contributed by atoms with van der Waals surface area (Å²) >= 11 is 0. The maximum atomic E-state index is 5.07. The Hall–Kier alpha value is -1.20. The summed E-state index contributed by atoms with van der Waals surface area (Å²) in [6, 6.07) is 2.55. The fourth-order valence-corrected chi connectivity index (χ4v) is 2.07. The van der Waals surface area contributed by atoms with E-state index in [2.05, 4.69) is 33.2 Å². The molecule has 0 bridgehead atoms. The van der Waals surface area contributed by atoms with Crippen molar-refractivity contribution in [1.29, 1.82) is 0 Å². The molecule has 1 atom stereocenters. The molecule has 2 heterocycles. The largest absolute Gasteiger partial charge is 0.384 e. The van der Waals surface area contributed by atoms with Crippen LogP contribution in [-0.2, 0) is 11.2 Å². The van der Waals surface area contributed by atoms with Gasteiger partial charge in [-0.1, -0.05) is 0 Å². The lowest BCUT2D eigenvalue weighted by atomic mass is 10.2. The van der Waals surface area contributed by atoms with Crippen LogP contribution in [0.25, 0.3) is 0 Å². The Balaban J connectivity index is 2.08. The normalized spacial score (nSPS) is 20.6. The standard InChI is InChI=1S/C12H20N4O/c1-10-8-13-4-5-16(10)12-7-11(3-6-17-2)14-9-15-12/h7,9-10,13H,3-6,8H2,1-2H3/t10-/m0/s1. The third-order valence-corrected chi connectivity index (χ3v) is 3.07. The Morgan fingerprint density at radius 3 is 3.18 bits per heavy atom. The van der Waals surface area contributed by atoms with Crippen LogP contribution in [0.3, 0.4) is 0 Å². The molecule has 0 amide bonds. The molecule has 2 rings (SSSR count). The number of nitrogens with one attached hydrogen (secondary N) is 1. The predicted octanol–water partition coefficient (Wildman–Crippen LogP) is 0.464. The molecule has 5 heteroatoms. The molecular formula is C12H20N4O. The number of nitrogens with zero attached hydrogens (tertiary/aromatic N) is 3. The highest BCUT2D eigenvalue weighted by Crippen LogP contribution is 2.15. The van der Waals surface area contributed by atoms with Crippen LogP contribution in [0.4, 0.5) is 5.82 Å². The molecule has 94 valence electrons. The number of hydrogen-bond donors (Lipinski definition) is 1. The number of piperazine rings is 1. The van der Waals surface area contributed by atoms with Crippen molar-refractivity contribution in [3.8, 4) is 0 Å². The van der Waals surface area contributed by atoms with Gasteiger partial charge in [0.05, 0.1) is 6.61 Å². The van der Waals surface area contributed by atoms with E-state index in [0.29, 0.717) is 12.6 Å². The fourth-order valence-electron chi connectivity index (χ4n) is 2.07. The smallest absolute Gasteiger partial charge is 0.132 e. The van der Waals surface area contributed by atoms with Gasteiger partial charge < -0.3 is 15.0 Å². The van der Waals surface area contributed by atoms with Crippen LogP contribution in [0, 0.1) is 0 Å². The highest BCUT2D eigenvalue weighted by atomic mass is 16.5. The van der Waals surface area contributed by atoms with Crippen molar-refractivity contribution in [3.63, 3.8) is 0 Å². The third-order valence-electron chi connectivity index (χ3n) is 3.07. The molecule has 1 N–H and O–H groups in total. The Labute approximate surface area is 102 Å². The second kappa shape index (κ2) is 5.93. The van der Waals surface area contributed by atoms with Gasteiger partial charge in [-0.05, 0) is 6.92 Å². The van der Waals surface area contributed by atoms with E-state index < -0.39 is 0 Å². The number of hydrogen-bond acceptors (Lipinski definition) is 5. The zero-order chi connectivity index (χ0) is 12.1. The predicted molar refractivity (Wildman–Crippen MR) is 67.3 cm³/mol. The molecule has 1 aliphatic rings. The SMILES string of the molecule is COCCc1cc(N2CCNC[C@@H]2C)ncn1. The van der Waals surface area contributed by atoms with Gasteiger partial charge in [0.1, 0.15) is 12.1 Å². The van der Waals surface area contributed by atoms with Crippen LogP contribution in [0.2, 0.25) is 0 Å². The summed E-state index contributed by atoms with van der Waals surface area (Å²) in [7, 11) is 1.71. The maximum Gasteiger partial charge on any atom is 0.132 e. The van der Waals surface area contributed by atoms with Gasteiger partial charge in [0, 0.05) is 51.0 Å². The summed E-state index contributed by atoms with van der Waals surface area (Å²) in [5.41, 5.74) is 1.04. The van der Waals surface area contributed by atoms with E-state index in [1.165, 1.54) is 0 Å². The van der Waals surface area contributed by atoms with E-state index in [1.807, 2.05) is 0 Å². The number of ether oxygens (including phenoxy) is 1. The maximum absolute atomic E-state index is 5.07. The molecule has 1 fully saturated rings. The van der Waals surface area contributed by atoms with E-state index in [0.717, 1.165) is 37.6 Å². The van der Waals surface area contributed by atoms with Crippen molar-refractivity contribution >= 4 is 5.82 Å². The first-order valence-electron chi connectivity index (χ1n) is 6.08. The third kappa shape index (κ3) is 3.14. The van der Waals surface area contributed by atoms with Crippen LogP contribution in [0.15, 0.2) is 12.4 Å². The zero-order valence-corrected chi connectivity index (χ0v) is 10.5. The van der Waals surface area contributed by atoms with Gasteiger partial charge in [0.25, 0.3) is 0 Å². The summed E-state index contributed by atoms with van der Waals surface area (Å²) < 4.78 is 5.07. The highest BCUT2D eigenvalue weighted by molar-refractivity contribution is 5.40. The minimum absolute atomic E-state index is 0.480. The lowest BCUT2D eigenvalue weighted by molar-refractivity contribution is 0.201.